The van der Waals surface area contributed by atoms with Crippen molar-refractivity contribution in [3.63, 3.8) is 0 Å². The Morgan fingerprint density at radius 1 is 1.16 bits per heavy atom. The molecule has 0 saturated carbocycles. The highest BCUT2D eigenvalue weighted by Crippen LogP contribution is 2.19. The number of hydrogen-bond donors (Lipinski definition) is 3. The van der Waals surface area contributed by atoms with Crippen LogP contribution in [0.4, 0.5) is 11.6 Å². The van der Waals surface area contributed by atoms with Gasteiger partial charge in [0.1, 0.15) is 17.5 Å². The lowest BCUT2D eigenvalue weighted by Crippen LogP contribution is -2.15. The highest BCUT2D eigenvalue weighted by molar-refractivity contribution is 5.56. The molecule has 108 valence electrons. The van der Waals surface area contributed by atoms with E-state index in [-0.39, 0.29) is 0 Å². The van der Waals surface area contributed by atoms with Crippen LogP contribution in [0.2, 0.25) is 0 Å². The summed E-state index contributed by atoms with van der Waals surface area (Å²) in [7, 11) is 0. The van der Waals surface area contributed by atoms with Crippen molar-refractivity contribution in [3.05, 3.63) is 11.4 Å². The third-order valence-corrected chi connectivity index (χ3v) is 3.15. The van der Waals surface area contributed by atoms with Gasteiger partial charge in [-0.2, -0.15) is 0 Å². The van der Waals surface area contributed by atoms with Gasteiger partial charge in [-0.25, -0.2) is 15.8 Å². The minimum absolute atomic E-state index is 0.705. The van der Waals surface area contributed by atoms with Crippen molar-refractivity contribution in [1.82, 2.24) is 9.97 Å². The van der Waals surface area contributed by atoms with E-state index in [4.69, 9.17) is 5.84 Å². The Morgan fingerprint density at radius 3 is 2.42 bits per heavy atom. The number of nitrogens with two attached hydrogens (primary N) is 1. The summed E-state index contributed by atoms with van der Waals surface area (Å²) < 4.78 is 0. The number of nitrogens with zero attached hydrogens (tertiary/aromatic N) is 2. The van der Waals surface area contributed by atoms with Crippen molar-refractivity contribution in [1.29, 1.82) is 0 Å². The summed E-state index contributed by atoms with van der Waals surface area (Å²) in [5.41, 5.74) is 3.61. The largest absolute Gasteiger partial charge is 0.370 e. The van der Waals surface area contributed by atoms with Gasteiger partial charge in [0.2, 0.25) is 0 Å². The number of anilines is 2. The van der Waals surface area contributed by atoms with E-state index < -0.39 is 0 Å². The molecular formula is C14H27N5. The molecule has 0 unspecified atom stereocenters. The third kappa shape index (κ3) is 5.03. The summed E-state index contributed by atoms with van der Waals surface area (Å²) in [5, 5.41) is 3.39. The average Bonchev–Trinajstić information content (AvgIpc) is 2.39. The van der Waals surface area contributed by atoms with E-state index in [1.54, 1.807) is 0 Å². The van der Waals surface area contributed by atoms with Crippen LogP contribution in [0.1, 0.15) is 51.4 Å². The van der Waals surface area contributed by atoms with Gasteiger partial charge in [-0.05, 0) is 19.3 Å². The highest BCUT2D eigenvalue weighted by atomic mass is 15.3. The van der Waals surface area contributed by atoms with Crippen LogP contribution in [0.5, 0.6) is 0 Å². The van der Waals surface area contributed by atoms with Crippen molar-refractivity contribution in [2.75, 3.05) is 17.3 Å². The molecule has 0 aromatic carbocycles. The lowest BCUT2D eigenvalue weighted by Gasteiger charge is -2.13. The molecule has 0 aliphatic rings. The fraction of sp³-hybridized carbons (Fsp3) is 0.714. The highest BCUT2D eigenvalue weighted by Gasteiger charge is 2.08. The van der Waals surface area contributed by atoms with Gasteiger partial charge in [-0.1, -0.05) is 33.6 Å². The lowest BCUT2D eigenvalue weighted by molar-refractivity contribution is 0.544. The third-order valence-electron chi connectivity index (χ3n) is 3.15. The van der Waals surface area contributed by atoms with Crippen molar-refractivity contribution in [2.24, 2.45) is 11.8 Å². The fourth-order valence-corrected chi connectivity index (χ4v) is 1.92. The lowest BCUT2D eigenvalue weighted by atomic mass is 10.1. The van der Waals surface area contributed by atoms with E-state index in [0.29, 0.717) is 5.82 Å². The second kappa shape index (κ2) is 7.94. The molecule has 0 saturated heterocycles. The zero-order chi connectivity index (χ0) is 14.3. The average molecular weight is 265 g/mol. The molecule has 0 aliphatic carbocycles. The molecule has 1 aromatic heterocycles. The maximum Gasteiger partial charge on any atom is 0.148 e. The molecule has 0 amide bonds. The van der Waals surface area contributed by atoms with Crippen LogP contribution in [-0.2, 0) is 6.42 Å². The van der Waals surface area contributed by atoms with E-state index in [1.807, 2.05) is 13.8 Å². The van der Waals surface area contributed by atoms with Gasteiger partial charge in [-0.15, -0.1) is 0 Å². The van der Waals surface area contributed by atoms with Gasteiger partial charge in [0.25, 0.3) is 0 Å². The Hall–Kier alpha value is -1.36. The maximum atomic E-state index is 5.48. The van der Waals surface area contributed by atoms with Crippen LogP contribution >= 0.6 is 0 Å². The minimum Gasteiger partial charge on any atom is -0.370 e. The quantitative estimate of drug-likeness (QED) is 0.383. The summed E-state index contributed by atoms with van der Waals surface area (Å²) in [6, 6.07) is 0. The topological polar surface area (TPSA) is 75.9 Å². The molecule has 1 aromatic rings. The molecule has 0 atom stereocenters. The van der Waals surface area contributed by atoms with Crippen molar-refractivity contribution >= 4 is 11.6 Å². The molecule has 5 heteroatoms. The first-order valence-electron chi connectivity index (χ1n) is 7.16. The zero-order valence-corrected chi connectivity index (χ0v) is 12.6. The Kier molecular flexibility index (Phi) is 6.56. The van der Waals surface area contributed by atoms with Crippen LogP contribution in [0, 0.1) is 12.8 Å². The first-order valence-corrected chi connectivity index (χ1v) is 7.16. The Balaban J connectivity index is 2.57. The second-order valence-corrected chi connectivity index (χ2v) is 5.28. The van der Waals surface area contributed by atoms with Gasteiger partial charge in [0.15, 0.2) is 0 Å². The summed E-state index contributed by atoms with van der Waals surface area (Å²) in [5.74, 6) is 8.67. The number of nitrogen functional groups attached to an aromatic ring is 1. The van der Waals surface area contributed by atoms with Crippen molar-refractivity contribution in [2.45, 2.75) is 53.4 Å². The van der Waals surface area contributed by atoms with E-state index >= 15 is 0 Å². The molecule has 1 rings (SSSR count). The van der Waals surface area contributed by atoms with Crippen LogP contribution in [-0.4, -0.2) is 16.5 Å². The van der Waals surface area contributed by atoms with E-state index in [9.17, 15) is 0 Å². The number of unbranched alkanes of at least 4 members (excludes halogenated alkanes) is 1. The van der Waals surface area contributed by atoms with E-state index in [1.165, 1.54) is 12.8 Å². The number of nitrogens with one attached hydrogen (secondary N) is 2. The summed E-state index contributed by atoms with van der Waals surface area (Å²) in [6.07, 6.45) is 4.49. The summed E-state index contributed by atoms with van der Waals surface area (Å²) in [4.78, 5) is 8.86. The molecular weight excluding hydrogens is 238 g/mol. The first-order chi connectivity index (χ1) is 9.08. The first kappa shape index (κ1) is 15.7. The molecule has 1 heterocycles. The molecule has 0 fully saturated rings. The zero-order valence-electron chi connectivity index (χ0n) is 12.6. The van der Waals surface area contributed by atoms with Crippen LogP contribution < -0.4 is 16.6 Å². The monoisotopic (exact) mass is 265 g/mol. The number of rotatable bonds is 8. The van der Waals surface area contributed by atoms with E-state index in [0.717, 1.165) is 42.5 Å². The molecule has 0 bridgehead atoms. The number of hydrazine groups is 1. The molecule has 0 aliphatic heterocycles. The number of aromatic nitrogens is 2. The van der Waals surface area contributed by atoms with Gasteiger partial charge in [0, 0.05) is 18.5 Å². The normalized spacial score (nSPS) is 10.8. The van der Waals surface area contributed by atoms with Gasteiger partial charge in [-0.3, -0.25) is 0 Å². The molecule has 19 heavy (non-hydrogen) atoms. The van der Waals surface area contributed by atoms with Gasteiger partial charge in [0.05, 0.1) is 0 Å². The Bertz CT molecular complexity index is 390. The van der Waals surface area contributed by atoms with E-state index in [2.05, 4.69) is 34.6 Å². The van der Waals surface area contributed by atoms with Gasteiger partial charge >= 0.3 is 0 Å². The molecule has 4 N–H and O–H groups in total. The minimum atomic E-state index is 0.705. The van der Waals surface area contributed by atoms with Crippen LogP contribution in [0.25, 0.3) is 0 Å². The second-order valence-electron chi connectivity index (χ2n) is 5.28. The summed E-state index contributed by atoms with van der Waals surface area (Å²) in [6.45, 7) is 9.48. The Morgan fingerprint density at radius 2 is 1.84 bits per heavy atom. The number of aryl methyl sites for hydroxylation is 1. The molecule has 5 nitrogen and oxygen atoms in total. The Labute approximate surface area is 116 Å². The van der Waals surface area contributed by atoms with Gasteiger partial charge < -0.3 is 10.7 Å². The maximum absolute atomic E-state index is 5.48. The fourth-order valence-electron chi connectivity index (χ4n) is 1.92. The number of hydrogen-bond acceptors (Lipinski definition) is 5. The van der Waals surface area contributed by atoms with Crippen LogP contribution in [0.15, 0.2) is 0 Å². The SMILES string of the molecule is CCc1nc(NN)c(C)c(NCCCCC(C)C)n1. The van der Waals surface area contributed by atoms with Crippen molar-refractivity contribution in [3.8, 4) is 0 Å². The standard InChI is InChI=1S/C14H27N5/c1-5-12-17-13(11(4)14(18-12)19-15)16-9-7-6-8-10(2)3/h10H,5-9,15H2,1-4H3,(H2,16,17,18,19). The predicted octanol–water partition coefficient (Wildman–Crippen LogP) is 2.87. The van der Waals surface area contributed by atoms with Crippen LogP contribution in [0.3, 0.4) is 0 Å². The summed E-state index contributed by atoms with van der Waals surface area (Å²) >= 11 is 0. The predicted molar refractivity (Wildman–Crippen MR) is 81.1 cm³/mol. The molecule has 0 spiro atoms. The smallest absolute Gasteiger partial charge is 0.148 e. The molecule has 0 radical (unpaired) electrons. The van der Waals surface area contributed by atoms with Crippen molar-refractivity contribution < 1.29 is 0 Å².